The van der Waals surface area contributed by atoms with Crippen LogP contribution in [0, 0.1) is 0 Å². The Kier molecular flexibility index (Phi) is 4.64. The van der Waals surface area contributed by atoms with Crippen LogP contribution in [0.15, 0.2) is 36.5 Å². The molecular formula is C14H14Cl2N2O. The number of aromatic hydroxyl groups is 1. The molecule has 1 heterocycles. The Bertz CT molecular complexity index is 561. The van der Waals surface area contributed by atoms with Crippen molar-refractivity contribution in [2.45, 2.75) is 19.5 Å². The van der Waals surface area contributed by atoms with Crippen molar-refractivity contribution in [2.75, 3.05) is 0 Å². The van der Waals surface area contributed by atoms with Crippen LogP contribution < -0.4 is 5.32 Å². The fraction of sp³-hybridized carbons (Fsp3) is 0.214. The summed E-state index contributed by atoms with van der Waals surface area (Å²) >= 11 is 11.8. The average Bonchev–Trinajstić information content (AvgIpc) is 2.41. The summed E-state index contributed by atoms with van der Waals surface area (Å²) in [5.41, 5.74) is 1.61. The van der Waals surface area contributed by atoms with Crippen molar-refractivity contribution >= 4 is 23.2 Å². The van der Waals surface area contributed by atoms with Crippen molar-refractivity contribution in [2.24, 2.45) is 0 Å². The normalized spacial score (nSPS) is 12.4. The first-order valence-electron chi connectivity index (χ1n) is 5.89. The number of nitrogens with one attached hydrogen (secondary N) is 1. The number of nitrogens with zero attached hydrogens (tertiary/aromatic N) is 1. The second-order valence-corrected chi connectivity index (χ2v) is 5.10. The second kappa shape index (κ2) is 6.24. The molecule has 0 spiro atoms. The topological polar surface area (TPSA) is 45.1 Å². The standard InChI is InChI=1S/C14H14Cl2N2O/c1-9(13-4-2-3-5-17-13)18-8-10-6-11(15)7-12(16)14(10)19/h2-7,9,18-19H,8H2,1H3/t9-/m1/s1. The lowest BCUT2D eigenvalue weighted by atomic mass is 10.1. The van der Waals surface area contributed by atoms with Crippen molar-refractivity contribution in [3.05, 3.63) is 57.8 Å². The van der Waals surface area contributed by atoms with Crippen molar-refractivity contribution in [1.82, 2.24) is 10.3 Å². The number of pyridine rings is 1. The van der Waals surface area contributed by atoms with Gasteiger partial charge in [0.25, 0.3) is 0 Å². The van der Waals surface area contributed by atoms with Gasteiger partial charge in [-0.15, -0.1) is 0 Å². The Hall–Kier alpha value is -1.29. The number of benzene rings is 1. The average molecular weight is 297 g/mol. The number of phenolic OH excluding ortho intramolecular Hbond substituents is 1. The number of phenols is 1. The van der Waals surface area contributed by atoms with Gasteiger partial charge in [-0.05, 0) is 31.2 Å². The predicted molar refractivity (Wildman–Crippen MR) is 77.6 cm³/mol. The fourth-order valence-corrected chi connectivity index (χ4v) is 2.29. The summed E-state index contributed by atoms with van der Waals surface area (Å²) in [7, 11) is 0. The highest BCUT2D eigenvalue weighted by molar-refractivity contribution is 6.35. The fourth-order valence-electron chi connectivity index (χ4n) is 1.75. The van der Waals surface area contributed by atoms with E-state index in [2.05, 4.69) is 10.3 Å². The summed E-state index contributed by atoms with van der Waals surface area (Å²) in [6.45, 7) is 2.47. The first kappa shape index (κ1) is 14.1. The molecule has 1 atom stereocenters. The van der Waals surface area contributed by atoms with E-state index < -0.39 is 0 Å². The summed E-state index contributed by atoms with van der Waals surface area (Å²) in [6.07, 6.45) is 1.75. The lowest BCUT2D eigenvalue weighted by molar-refractivity contribution is 0.460. The van der Waals surface area contributed by atoms with E-state index in [1.165, 1.54) is 6.07 Å². The van der Waals surface area contributed by atoms with Gasteiger partial charge in [0, 0.05) is 29.4 Å². The summed E-state index contributed by atoms with van der Waals surface area (Å²) < 4.78 is 0. The van der Waals surface area contributed by atoms with Gasteiger partial charge in [0.05, 0.1) is 10.7 Å². The Morgan fingerprint density at radius 2 is 2.11 bits per heavy atom. The molecule has 0 saturated heterocycles. The third-order valence-electron chi connectivity index (χ3n) is 2.84. The first-order valence-corrected chi connectivity index (χ1v) is 6.64. The van der Waals surface area contributed by atoms with Gasteiger partial charge in [0.15, 0.2) is 0 Å². The predicted octanol–water partition coefficient (Wildman–Crippen LogP) is 3.94. The minimum absolute atomic E-state index is 0.0618. The third kappa shape index (κ3) is 3.60. The van der Waals surface area contributed by atoms with Crippen LogP contribution in [-0.2, 0) is 6.54 Å². The molecule has 3 nitrogen and oxygen atoms in total. The molecule has 0 fully saturated rings. The summed E-state index contributed by atoms with van der Waals surface area (Å²) in [5.74, 6) is 0.0618. The highest BCUT2D eigenvalue weighted by atomic mass is 35.5. The number of hydrogen-bond acceptors (Lipinski definition) is 3. The second-order valence-electron chi connectivity index (χ2n) is 4.25. The van der Waals surface area contributed by atoms with Gasteiger partial charge >= 0.3 is 0 Å². The molecule has 1 aromatic heterocycles. The van der Waals surface area contributed by atoms with E-state index in [9.17, 15) is 5.11 Å². The minimum atomic E-state index is 0.0618. The molecule has 0 unspecified atom stereocenters. The maximum Gasteiger partial charge on any atom is 0.138 e. The molecule has 0 amide bonds. The third-order valence-corrected chi connectivity index (χ3v) is 3.34. The smallest absolute Gasteiger partial charge is 0.138 e. The van der Waals surface area contributed by atoms with Gasteiger partial charge in [0.1, 0.15) is 5.75 Å². The van der Waals surface area contributed by atoms with Crippen LogP contribution in [0.1, 0.15) is 24.2 Å². The number of aromatic nitrogens is 1. The highest BCUT2D eigenvalue weighted by Crippen LogP contribution is 2.31. The van der Waals surface area contributed by atoms with Crippen LogP contribution in [0.5, 0.6) is 5.75 Å². The van der Waals surface area contributed by atoms with E-state index in [4.69, 9.17) is 23.2 Å². The van der Waals surface area contributed by atoms with Crippen molar-refractivity contribution < 1.29 is 5.11 Å². The SMILES string of the molecule is C[C@@H](NCc1cc(Cl)cc(Cl)c1O)c1ccccn1. The molecular weight excluding hydrogens is 283 g/mol. The molecule has 0 saturated carbocycles. The molecule has 2 rings (SSSR count). The molecule has 0 aliphatic carbocycles. The van der Waals surface area contributed by atoms with Crippen molar-refractivity contribution in [3.8, 4) is 5.75 Å². The van der Waals surface area contributed by atoms with Gasteiger partial charge in [-0.2, -0.15) is 0 Å². The van der Waals surface area contributed by atoms with Gasteiger partial charge in [-0.3, -0.25) is 4.98 Å². The Balaban J connectivity index is 2.07. The van der Waals surface area contributed by atoms with Crippen LogP contribution in [-0.4, -0.2) is 10.1 Å². The Labute approximate surface area is 122 Å². The summed E-state index contributed by atoms with van der Waals surface area (Å²) in [4.78, 5) is 4.27. The molecule has 0 aliphatic rings. The zero-order chi connectivity index (χ0) is 13.8. The zero-order valence-electron chi connectivity index (χ0n) is 10.4. The molecule has 0 aliphatic heterocycles. The highest BCUT2D eigenvalue weighted by Gasteiger charge is 2.10. The molecule has 5 heteroatoms. The minimum Gasteiger partial charge on any atom is -0.506 e. The van der Waals surface area contributed by atoms with E-state index in [0.717, 1.165) is 5.69 Å². The molecule has 1 aromatic carbocycles. The Morgan fingerprint density at radius 3 is 2.79 bits per heavy atom. The monoisotopic (exact) mass is 296 g/mol. The van der Waals surface area contributed by atoms with Crippen LogP contribution >= 0.6 is 23.2 Å². The van der Waals surface area contributed by atoms with Crippen molar-refractivity contribution in [1.29, 1.82) is 0 Å². The van der Waals surface area contributed by atoms with Gasteiger partial charge in [-0.25, -0.2) is 0 Å². The molecule has 0 bridgehead atoms. The van der Waals surface area contributed by atoms with Crippen LogP contribution in [0.25, 0.3) is 0 Å². The van der Waals surface area contributed by atoms with Crippen LogP contribution in [0.3, 0.4) is 0 Å². The number of rotatable bonds is 4. The van der Waals surface area contributed by atoms with Gasteiger partial charge < -0.3 is 10.4 Å². The van der Waals surface area contributed by atoms with Crippen LogP contribution in [0.2, 0.25) is 10.0 Å². The van der Waals surface area contributed by atoms with E-state index in [1.807, 2.05) is 25.1 Å². The van der Waals surface area contributed by atoms with Gasteiger partial charge in [-0.1, -0.05) is 29.3 Å². The van der Waals surface area contributed by atoms with Gasteiger partial charge in [0.2, 0.25) is 0 Å². The van der Waals surface area contributed by atoms with E-state index in [1.54, 1.807) is 12.3 Å². The number of hydrogen-bond donors (Lipinski definition) is 2. The van der Waals surface area contributed by atoms with Crippen LogP contribution in [0.4, 0.5) is 0 Å². The summed E-state index contributed by atoms with van der Waals surface area (Å²) in [6, 6.07) is 9.04. The Morgan fingerprint density at radius 1 is 1.32 bits per heavy atom. The largest absolute Gasteiger partial charge is 0.506 e. The maximum absolute atomic E-state index is 9.86. The zero-order valence-corrected chi connectivity index (χ0v) is 11.9. The molecule has 19 heavy (non-hydrogen) atoms. The van der Waals surface area contributed by atoms with E-state index in [-0.39, 0.29) is 16.8 Å². The molecule has 2 N–H and O–H groups in total. The van der Waals surface area contributed by atoms with E-state index in [0.29, 0.717) is 17.1 Å². The molecule has 0 radical (unpaired) electrons. The van der Waals surface area contributed by atoms with Crippen molar-refractivity contribution in [3.63, 3.8) is 0 Å². The lowest BCUT2D eigenvalue weighted by Crippen LogP contribution is -2.19. The quantitative estimate of drug-likeness (QED) is 0.898. The lowest BCUT2D eigenvalue weighted by Gasteiger charge is -2.14. The molecule has 100 valence electrons. The maximum atomic E-state index is 9.86. The number of halogens is 2. The molecule has 2 aromatic rings. The first-order chi connectivity index (χ1) is 9.08. The van der Waals surface area contributed by atoms with E-state index >= 15 is 0 Å². The summed E-state index contributed by atoms with van der Waals surface area (Å²) in [5, 5.41) is 13.9.